The lowest BCUT2D eigenvalue weighted by Crippen LogP contribution is -2.51. The molecule has 2 aromatic rings. The highest BCUT2D eigenvalue weighted by atomic mass is 16.5. The van der Waals surface area contributed by atoms with Crippen molar-refractivity contribution in [1.29, 1.82) is 0 Å². The van der Waals surface area contributed by atoms with Crippen LogP contribution in [0.2, 0.25) is 0 Å². The molecule has 7 nitrogen and oxygen atoms in total. The van der Waals surface area contributed by atoms with Crippen molar-refractivity contribution in [2.24, 2.45) is 0 Å². The Morgan fingerprint density at radius 3 is 2.82 bits per heavy atom. The Morgan fingerprint density at radius 2 is 2.04 bits per heavy atom. The number of aliphatic hydroxyl groups excluding tert-OH is 1. The summed E-state index contributed by atoms with van der Waals surface area (Å²) in [5.74, 6) is 0.994. The lowest BCUT2D eigenvalue weighted by atomic mass is 10.1. The van der Waals surface area contributed by atoms with Crippen molar-refractivity contribution in [3.05, 3.63) is 30.1 Å². The molecule has 2 fully saturated rings. The first kappa shape index (κ1) is 19.4. The number of hydrogen-bond acceptors (Lipinski definition) is 5. The molecule has 152 valence electrons. The van der Waals surface area contributed by atoms with Gasteiger partial charge < -0.3 is 19.3 Å². The molecule has 1 saturated carbocycles. The van der Waals surface area contributed by atoms with Gasteiger partial charge in [0.1, 0.15) is 5.82 Å². The molecule has 2 heterocycles. The van der Waals surface area contributed by atoms with E-state index in [4.69, 9.17) is 4.74 Å². The van der Waals surface area contributed by atoms with Crippen molar-refractivity contribution < 1.29 is 14.6 Å². The minimum atomic E-state index is -0.497. The lowest BCUT2D eigenvalue weighted by molar-refractivity contribution is -0.134. The van der Waals surface area contributed by atoms with Crippen LogP contribution in [0.15, 0.2) is 24.3 Å². The third-order valence-electron chi connectivity index (χ3n) is 6.35. The van der Waals surface area contributed by atoms with E-state index in [0.717, 1.165) is 56.0 Å². The number of benzene rings is 1. The Labute approximate surface area is 165 Å². The molecule has 3 atom stereocenters. The number of hydrogen-bond donors (Lipinski definition) is 1. The maximum Gasteiger partial charge on any atom is 0.224 e. The number of imidazole rings is 1. The van der Waals surface area contributed by atoms with Gasteiger partial charge in [-0.3, -0.25) is 9.69 Å². The number of ether oxygens (including phenoxy) is 1. The van der Waals surface area contributed by atoms with Crippen LogP contribution in [-0.4, -0.2) is 81.9 Å². The number of fused-ring (bicyclic) bond motifs is 1. The summed E-state index contributed by atoms with van der Waals surface area (Å²) in [6.07, 6.45) is 1.68. The zero-order valence-electron chi connectivity index (χ0n) is 16.8. The molecule has 1 saturated heterocycles. The van der Waals surface area contributed by atoms with Gasteiger partial charge in [-0.2, -0.15) is 0 Å². The van der Waals surface area contributed by atoms with E-state index in [1.807, 2.05) is 38.2 Å². The molecule has 1 N–H and O–H groups in total. The molecule has 0 radical (unpaired) electrons. The standard InChI is InChI=1S/C21H30N4O3/c1-15-22-16-5-3-4-6-17(16)25(15)10-9-20(26)23(2)18-7-8-19(21(18)27)24-11-13-28-14-12-24/h3-6,18-19,21,27H,7-14H2,1-2H3/t18-,19-,21-/m1/s1. The van der Waals surface area contributed by atoms with E-state index in [1.165, 1.54) is 0 Å². The van der Waals surface area contributed by atoms with E-state index in [2.05, 4.69) is 14.5 Å². The van der Waals surface area contributed by atoms with Crippen LogP contribution in [0.5, 0.6) is 0 Å². The summed E-state index contributed by atoms with van der Waals surface area (Å²) in [5.41, 5.74) is 2.02. The highest BCUT2D eigenvalue weighted by Crippen LogP contribution is 2.29. The second kappa shape index (κ2) is 8.19. The van der Waals surface area contributed by atoms with Gasteiger partial charge in [0.05, 0.1) is 36.4 Å². The maximum atomic E-state index is 12.8. The number of likely N-dealkylation sites (N-methyl/N-ethyl adjacent to an activating group) is 1. The number of morpholine rings is 1. The molecule has 1 amide bonds. The zero-order chi connectivity index (χ0) is 19.7. The van der Waals surface area contributed by atoms with Crippen molar-refractivity contribution in [2.75, 3.05) is 33.4 Å². The molecular weight excluding hydrogens is 356 g/mol. The number of aromatic nitrogens is 2. The van der Waals surface area contributed by atoms with Gasteiger partial charge in [-0.15, -0.1) is 0 Å². The molecule has 0 spiro atoms. The van der Waals surface area contributed by atoms with E-state index >= 15 is 0 Å². The quantitative estimate of drug-likeness (QED) is 0.842. The Bertz CT molecular complexity index is 830. The van der Waals surface area contributed by atoms with Crippen molar-refractivity contribution in [3.63, 3.8) is 0 Å². The summed E-state index contributed by atoms with van der Waals surface area (Å²) >= 11 is 0. The minimum absolute atomic E-state index is 0.0730. The van der Waals surface area contributed by atoms with Crippen molar-refractivity contribution in [3.8, 4) is 0 Å². The molecule has 2 aliphatic rings. The van der Waals surface area contributed by atoms with Crippen LogP contribution in [0.1, 0.15) is 25.1 Å². The number of aliphatic hydroxyl groups is 1. The first-order valence-corrected chi connectivity index (χ1v) is 10.2. The zero-order valence-corrected chi connectivity index (χ0v) is 16.8. The third kappa shape index (κ3) is 3.66. The first-order valence-electron chi connectivity index (χ1n) is 10.2. The Morgan fingerprint density at radius 1 is 1.29 bits per heavy atom. The number of para-hydroxylation sites is 2. The minimum Gasteiger partial charge on any atom is -0.389 e. The fourth-order valence-corrected chi connectivity index (χ4v) is 4.72. The van der Waals surface area contributed by atoms with Crippen LogP contribution in [0, 0.1) is 6.92 Å². The molecule has 1 aliphatic heterocycles. The van der Waals surface area contributed by atoms with Gasteiger partial charge in [-0.1, -0.05) is 12.1 Å². The normalized spacial score (nSPS) is 26.0. The Kier molecular flexibility index (Phi) is 5.66. The summed E-state index contributed by atoms with van der Waals surface area (Å²) in [4.78, 5) is 21.5. The summed E-state index contributed by atoms with van der Waals surface area (Å²) in [5, 5.41) is 10.9. The first-order chi connectivity index (χ1) is 13.6. The molecule has 28 heavy (non-hydrogen) atoms. The SMILES string of the molecule is Cc1nc2ccccc2n1CCC(=O)N(C)[C@@H]1CC[C@@H](N2CCOCC2)[C@@H]1O. The van der Waals surface area contributed by atoms with Gasteiger partial charge in [0, 0.05) is 39.1 Å². The van der Waals surface area contributed by atoms with E-state index < -0.39 is 6.10 Å². The monoisotopic (exact) mass is 386 g/mol. The van der Waals surface area contributed by atoms with Gasteiger partial charge in [0.15, 0.2) is 0 Å². The average molecular weight is 386 g/mol. The summed E-state index contributed by atoms with van der Waals surface area (Å²) in [7, 11) is 1.83. The van der Waals surface area contributed by atoms with E-state index in [9.17, 15) is 9.90 Å². The Balaban J connectivity index is 1.37. The van der Waals surface area contributed by atoms with E-state index in [0.29, 0.717) is 13.0 Å². The summed E-state index contributed by atoms with van der Waals surface area (Å²) in [6.45, 7) is 5.74. The lowest BCUT2D eigenvalue weighted by Gasteiger charge is -2.36. The molecule has 7 heteroatoms. The molecule has 0 unspecified atom stereocenters. The number of amides is 1. The second-order valence-corrected chi connectivity index (χ2v) is 7.90. The molecule has 4 rings (SSSR count). The largest absolute Gasteiger partial charge is 0.389 e. The number of rotatable bonds is 5. The van der Waals surface area contributed by atoms with Crippen LogP contribution in [0.4, 0.5) is 0 Å². The molecule has 1 aliphatic carbocycles. The van der Waals surface area contributed by atoms with Crippen LogP contribution in [-0.2, 0) is 16.1 Å². The van der Waals surface area contributed by atoms with Crippen LogP contribution in [0.3, 0.4) is 0 Å². The molecule has 1 aromatic carbocycles. The average Bonchev–Trinajstić information content (AvgIpc) is 3.25. The maximum absolute atomic E-state index is 12.8. The second-order valence-electron chi connectivity index (χ2n) is 7.90. The summed E-state index contributed by atoms with van der Waals surface area (Å²) < 4.78 is 7.52. The molecule has 0 bridgehead atoms. The number of nitrogens with zero attached hydrogens (tertiary/aromatic N) is 4. The predicted octanol–water partition coefficient (Wildman–Crippen LogP) is 1.42. The smallest absolute Gasteiger partial charge is 0.224 e. The van der Waals surface area contributed by atoms with Crippen LogP contribution >= 0.6 is 0 Å². The Hall–Kier alpha value is -1.96. The van der Waals surface area contributed by atoms with Gasteiger partial charge in [0.2, 0.25) is 5.91 Å². The van der Waals surface area contributed by atoms with E-state index in [1.54, 1.807) is 4.90 Å². The van der Waals surface area contributed by atoms with Crippen molar-refractivity contribution >= 4 is 16.9 Å². The number of carbonyl (C=O) groups excluding carboxylic acids is 1. The van der Waals surface area contributed by atoms with Crippen molar-refractivity contribution in [2.45, 2.75) is 50.9 Å². The van der Waals surface area contributed by atoms with Gasteiger partial charge >= 0.3 is 0 Å². The van der Waals surface area contributed by atoms with Gasteiger partial charge in [0.25, 0.3) is 0 Å². The predicted molar refractivity (Wildman–Crippen MR) is 107 cm³/mol. The number of aryl methyl sites for hydroxylation is 2. The van der Waals surface area contributed by atoms with Crippen LogP contribution < -0.4 is 0 Å². The molecular formula is C21H30N4O3. The van der Waals surface area contributed by atoms with Crippen molar-refractivity contribution in [1.82, 2.24) is 19.4 Å². The highest BCUT2D eigenvalue weighted by Gasteiger charge is 2.41. The topological polar surface area (TPSA) is 70.8 Å². The fourth-order valence-electron chi connectivity index (χ4n) is 4.72. The fraction of sp³-hybridized carbons (Fsp3) is 0.619. The molecule has 1 aromatic heterocycles. The van der Waals surface area contributed by atoms with Gasteiger partial charge in [-0.05, 0) is 31.9 Å². The summed E-state index contributed by atoms with van der Waals surface area (Å²) in [6, 6.07) is 8.02. The van der Waals surface area contributed by atoms with Gasteiger partial charge in [-0.25, -0.2) is 4.98 Å². The third-order valence-corrected chi connectivity index (χ3v) is 6.35. The van der Waals surface area contributed by atoms with E-state index in [-0.39, 0.29) is 18.0 Å². The number of carbonyl (C=O) groups is 1. The van der Waals surface area contributed by atoms with Crippen LogP contribution in [0.25, 0.3) is 11.0 Å². The highest BCUT2D eigenvalue weighted by molar-refractivity contribution is 5.78.